The molecule has 0 aliphatic heterocycles. The van der Waals surface area contributed by atoms with Gasteiger partial charge in [0.2, 0.25) is 11.8 Å². The van der Waals surface area contributed by atoms with E-state index in [0.29, 0.717) is 42.0 Å². The first kappa shape index (κ1) is 33.7. The summed E-state index contributed by atoms with van der Waals surface area (Å²) in [6.07, 6.45) is 5.82. The van der Waals surface area contributed by atoms with Gasteiger partial charge in [0.1, 0.15) is 6.04 Å². The van der Waals surface area contributed by atoms with Crippen LogP contribution in [0.5, 0.6) is 0 Å². The van der Waals surface area contributed by atoms with Gasteiger partial charge in [0.15, 0.2) is 5.82 Å². The molecule has 4 aromatic rings. The van der Waals surface area contributed by atoms with Crippen molar-refractivity contribution in [3.63, 3.8) is 0 Å². The lowest BCUT2D eigenvalue weighted by molar-refractivity contribution is -0.130. The first-order chi connectivity index (χ1) is 22.4. The number of H-pyrrole nitrogens is 1. The monoisotopic (exact) mass is 656 g/mol. The van der Waals surface area contributed by atoms with E-state index in [4.69, 9.17) is 5.73 Å². The van der Waals surface area contributed by atoms with Crippen molar-refractivity contribution >= 4 is 35.8 Å². The maximum atomic E-state index is 13.6. The molecule has 12 heteroatoms. The van der Waals surface area contributed by atoms with Gasteiger partial charge in [-0.3, -0.25) is 14.4 Å². The number of nitrogens with one attached hydrogen (secondary N) is 4. The van der Waals surface area contributed by atoms with Gasteiger partial charge in [-0.15, -0.1) is 17.5 Å². The lowest BCUT2D eigenvalue weighted by atomic mass is 9.81. The van der Waals surface area contributed by atoms with Crippen LogP contribution in [0, 0.1) is 18.8 Å². The van der Waals surface area contributed by atoms with Crippen LogP contribution in [-0.2, 0) is 16.0 Å². The van der Waals surface area contributed by atoms with Gasteiger partial charge in [0.25, 0.3) is 5.91 Å². The minimum absolute atomic E-state index is 0. The van der Waals surface area contributed by atoms with Gasteiger partial charge < -0.3 is 21.7 Å². The third-order valence-electron chi connectivity index (χ3n) is 9.07. The number of anilines is 1. The zero-order chi connectivity index (χ0) is 32.0. The van der Waals surface area contributed by atoms with E-state index >= 15 is 0 Å². The first-order valence-electron chi connectivity index (χ1n) is 16.0. The van der Waals surface area contributed by atoms with Crippen LogP contribution in [0.2, 0.25) is 0 Å². The molecule has 6 N–H and O–H groups in total. The molecule has 0 saturated heterocycles. The largest absolute Gasteiger partial charge is 0.349 e. The number of nitrogens with two attached hydrogens (primary N) is 1. The van der Waals surface area contributed by atoms with E-state index in [1.165, 1.54) is 0 Å². The van der Waals surface area contributed by atoms with Gasteiger partial charge in [-0.05, 0) is 121 Å². The van der Waals surface area contributed by atoms with Crippen LogP contribution < -0.4 is 21.7 Å². The molecule has 0 spiro atoms. The summed E-state index contributed by atoms with van der Waals surface area (Å²) in [5.74, 6) is 0.439. The zero-order valence-corrected chi connectivity index (χ0v) is 27.2. The number of halogens is 1. The zero-order valence-electron chi connectivity index (χ0n) is 26.4. The smallest absolute Gasteiger partial charge is 0.251 e. The van der Waals surface area contributed by atoms with E-state index in [1.807, 2.05) is 61.5 Å². The molecule has 0 unspecified atom stereocenters. The Morgan fingerprint density at radius 2 is 1.57 bits per heavy atom. The first-order valence-corrected chi connectivity index (χ1v) is 16.0. The van der Waals surface area contributed by atoms with Crippen molar-refractivity contribution in [1.82, 2.24) is 31.3 Å². The van der Waals surface area contributed by atoms with Crippen LogP contribution in [0.15, 0.2) is 66.7 Å². The van der Waals surface area contributed by atoms with Crippen molar-refractivity contribution in [2.24, 2.45) is 17.6 Å². The molecule has 3 amide bonds. The van der Waals surface area contributed by atoms with Crippen LogP contribution >= 0.6 is 12.4 Å². The summed E-state index contributed by atoms with van der Waals surface area (Å²) in [6, 6.07) is 20.6. The third kappa shape index (κ3) is 8.60. The van der Waals surface area contributed by atoms with E-state index in [-0.39, 0.29) is 36.0 Å². The number of aromatic nitrogens is 4. The molecular formula is C35H41ClN8O3. The SMILES string of the molecule is Cc1cc(-c2ccc(C[C@H](NC(=O)[C@H]3CC[C@H](CN)CC3)C(=O)Nc3ccc(-c4nnn[nH]4)cc3)cc2)ccc1C(=O)NC1CC1.Cl. The molecule has 2 aliphatic rings. The molecule has 1 aromatic heterocycles. The molecule has 3 aromatic carbocycles. The number of nitrogens with zero attached hydrogens (tertiary/aromatic N) is 3. The van der Waals surface area contributed by atoms with E-state index in [9.17, 15) is 14.4 Å². The van der Waals surface area contributed by atoms with Crippen LogP contribution in [-0.4, -0.2) is 57.0 Å². The summed E-state index contributed by atoms with van der Waals surface area (Å²) < 4.78 is 0. The van der Waals surface area contributed by atoms with Crippen molar-refractivity contribution in [2.45, 2.75) is 64.0 Å². The fourth-order valence-corrected chi connectivity index (χ4v) is 6.04. The van der Waals surface area contributed by atoms with Gasteiger partial charge in [0, 0.05) is 35.2 Å². The van der Waals surface area contributed by atoms with Crippen LogP contribution in [0.25, 0.3) is 22.5 Å². The highest BCUT2D eigenvalue weighted by Gasteiger charge is 2.29. The average molecular weight is 657 g/mol. The number of tetrazole rings is 1. The number of carbonyl (C=O) groups is 3. The third-order valence-corrected chi connectivity index (χ3v) is 9.07. The number of rotatable bonds is 11. The Kier molecular flexibility index (Phi) is 11.0. The molecule has 11 nitrogen and oxygen atoms in total. The van der Waals surface area contributed by atoms with Crippen molar-refractivity contribution in [3.05, 3.63) is 83.4 Å². The predicted molar refractivity (Wildman–Crippen MR) is 183 cm³/mol. The minimum atomic E-state index is -0.768. The minimum Gasteiger partial charge on any atom is -0.349 e. The normalized spacial score (nSPS) is 18.0. The molecule has 6 rings (SSSR count). The summed E-state index contributed by atoms with van der Waals surface area (Å²) in [7, 11) is 0. The predicted octanol–water partition coefficient (Wildman–Crippen LogP) is 4.59. The lowest BCUT2D eigenvalue weighted by Crippen LogP contribution is -2.48. The second-order valence-corrected chi connectivity index (χ2v) is 12.5. The molecule has 2 fully saturated rings. The summed E-state index contributed by atoms with van der Waals surface area (Å²) in [5.41, 5.74) is 11.8. The van der Waals surface area contributed by atoms with Gasteiger partial charge in [0.05, 0.1) is 0 Å². The molecule has 1 atom stereocenters. The van der Waals surface area contributed by atoms with Crippen LogP contribution in [0.4, 0.5) is 5.69 Å². The Hall–Kier alpha value is -4.61. The van der Waals surface area contributed by atoms with Gasteiger partial charge in [-0.2, -0.15) is 0 Å². The fraction of sp³-hybridized carbons (Fsp3) is 0.371. The highest BCUT2D eigenvalue weighted by molar-refractivity contribution is 5.98. The standard InChI is InChI=1S/C35H40N8O3.ClH/c1-21-18-27(12-17-30(21)34(45)37-29-15-16-29)24-6-2-22(3-7-24)19-31(39-33(44)26-8-4-23(20-36)5-9-26)35(46)38-28-13-10-25(11-14-28)32-40-42-43-41-32;/h2-3,6-7,10-14,17-18,23,26,29,31H,4-5,8-9,15-16,19-20,36H2,1H3,(H,37,45)(H,38,46)(H,39,44)(H,40,41,42,43);1H/t23-,26-,31-;/m0./s1. The van der Waals surface area contributed by atoms with Gasteiger partial charge >= 0.3 is 0 Å². The fourth-order valence-electron chi connectivity index (χ4n) is 6.04. The molecule has 2 aliphatic carbocycles. The maximum absolute atomic E-state index is 13.6. The Bertz CT molecular complexity index is 1670. The Morgan fingerprint density at radius 1 is 0.894 bits per heavy atom. The lowest BCUT2D eigenvalue weighted by Gasteiger charge is -2.28. The van der Waals surface area contributed by atoms with E-state index in [2.05, 4.69) is 36.6 Å². The Morgan fingerprint density at radius 3 is 2.19 bits per heavy atom. The quantitative estimate of drug-likeness (QED) is 0.157. The number of hydrogen-bond acceptors (Lipinski definition) is 7. The molecule has 47 heavy (non-hydrogen) atoms. The molecule has 246 valence electrons. The average Bonchev–Trinajstić information content (AvgIpc) is 3.72. The van der Waals surface area contributed by atoms with Crippen molar-refractivity contribution in [2.75, 3.05) is 11.9 Å². The van der Waals surface area contributed by atoms with Gasteiger partial charge in [-0.25, -0.2) is 5.10 Å². The van der Waals surface area contributed by atoms with Crippen LogP contribution in [0.1, 0.15) is 60.0 Å². The van der Waals surface area contributed by atoms with Gasteiger partial charge in [-0.1, -0.05) is 36.4 Å². The van der Waals surface area contributed by atoms with E-state index in [1.54, 1.807) is 12.1 Å². The summed E-state index contributed by atoms with van der Waals surface area (Å²) in [5, 5.41) is 22.9. The molecule has 0 bridgehead atoms. The topological polar surface area (TPSA) is 168 Å². The summed E-state index contributed by atoms with van der Waals surface area (Å²) in [6.45, 7) is 2.59. The highest BCUT2D eigenvalue weighted by Crippen LogP contribution is 2.29. The van der Waals surface area contributed by atoms with Crippen molar-refractivity contribution in [1.29, 1.82) is 0 Å². The number of amides is 3. The number of carbonyl (C=O) groups excluding carboxylic acids is 3. The van der Waals surface area contributed by atoms with E-state index < -0.39 is 6.04 Å². The number of aryl methyl sites for hydroxylation is 1. The molecular weight excluding hydrogens is 616 g/mol. The second kappa shape index (κ2) is 15.3. The summed E-state index contributed by atoms with van der Waals surface area (Å²) >= 11 is 0. The molecule has 2 saturated carbocycles. The van der Waals surface area contributed by atoms with E-state index in [0.717, 1.165) is 66.3 Å². The Balaban J connectivity index is 0.00000433. The number of hydrogen-bond donors (Lipinski definition) is 5. The van der Waals surface area contributed by atoms with Crippen molar-refractivity contribution < 1.29 is 14.4 Å². The molecule has 0 radical (unpaired) electrons. The number of benzene rings is 3. The second-order valence-electron chi connectivity index (χ2n) is 12.5. The van der Waals surface area contributed by atoms with Crippen molar-refractivity contribution in [3.8, 4) is 22.5 Å². The maximum Gasteiger partial charge on any atom is 0.251 e. The highest BCUT2D eigenvalue weighted by atomic mass is 35.5. The van der Waals surface area contributed by atoms with Crippen LogP contribution in [0.3, 0.4) is 0 Å². The Labute approximate surface area is 280 Å². The molecule has 1 heterocycles. The number of aromatic amines is 1. The summed E-state index contributed by atoms with van der Waals surface area (Å²) in [4.78, 5) is 39.5.